The quantitative estimate of drug-likeness (QED) is 0.805. The highest BCUT2D eigenvalue weighted by molar-refractivity contribution is 5.92. The Labute approximate surface area is 144 Å². The van der Waals surface area contributed by atoms with Crippen LogP contribution in [0.15, 0.2) is 23.2 Å². The first-order valence-corrected chi connectivity index (χ1v) is 8.44. The third kappa shape index (κ3) is 3.42. The maximum atomic E-state index is 12.7. The Morgan fingerprint density at radius 3 is 3.16 bits per heavy atom. The number of carbonyl (C=O) groups excluding carboxylic acids is 1. The molecule has 0 bridgehead atoms. The molecule has 4 rings (SSSR count). The second-order valence-electron chi connectivity index (χ2n) is 6.68. The van der Waals surface area contributed by atoms with Gasteiger partial charge in [-0.3, -0.25) is 9.48 Å². The molecule has 134 valence electrons. The predicted molar refractivity (Wildman–Crippen MR) is 84.8 cm³/mol. The summed E-state index contributed by atoms with van der Waals surface area (Å²) >= 11 is 0. The molecular weight excluding hydrogens is 326 g/mol. The van der Waals surface area contributed by atoms with Gasteiger partial charge in [0.05, 0.1) is 32.4 Å². The van der Waals surface area contributed by atoms with E-state index in [0.717, 1.165) is 12.8 Å². The van der Waals surface area contributed by atoms with Crippen LogP contribution in [0.25, 0.3) is 0 Å². The summed E-state index contributed by atoms with van der Waals surface area (Å²) in [6.45, 7) is 4.41. The number of aryl methyl sites for hydroxylation is 1. The molecule has 0 aromatic carbocycles. The van der Waals surface area contributed by atoms with Crippen LogP contribution in [0.5, 0.6) is 0 Å². The Morgan fingerprint density at radius 2 is 2.40 bits per heavy atom. The highest BCUT2D eigenvalue weighted by Crippen LogP contribution is 2.34. The fourth-order valence-electron chi connectivity index (χ4n) is 3.49. The van der Waals surface area contributed by atoms with Gasteiger partial charge in [0.25, 0.3) is 5.91 Å². The molecule has 25 heavy (non-hydrogen) atoms. The summed E-state index contributed by atoms with van der Waals surface area (Å²) in [5.41, 5.74) is -0.150. The smallest absolute Gasteiger partial charge is 0.276 e. The number of aromatic nitrogens is 4. The fraction of sp³-hybridized carbons (Fsp3) is 0.625. The maximum absolute atomic E-state index is 12.7. The molecular formula is C16H21N5O4. The number of rotatable bonds is 3. The topological polar surface area (TPSA) is 95.5 Å². The molecule has 9 nitrogen and oxygen atoms in total. The average molecular weight is 347 g/mol. The molecule has 0 radical (unpaired) electrons. The second-order valence-corrected chi connectivity index (χ2v) is 6.68. The van der Waals surface area contributed by atoms with E-state index >= 15 is 0 Å². The Morgan fingerprint density at radius 1 is 1.48 bits per heavy atom. The Kier molecular flexibility index (Phi) is 4.26. The van der Waals surface area contributed by atoms with Gasteiger partial charge in [0.1, 0.15) is 24.0 Å². The molecule has 2 aromatic heterocycles. The van der Waals surface area contributed by atoms with E-state index in [1.165, 1.54) is 6.33 Å². The summed E-state index contributed by atoms with van der Waals surface area (Å²) in [4.78, 5) is 18.4. The Balaban J connectivity index is 1.45. The van der Waals surface area contributed by atoms with Crippen molar-refractivity contribution < 1.29 is 18.8 Å². The van der Waals surface area contributed by atoms with Crippen LogP contribution in [-0.4, -0.2) is 68.7 Å². The van der Waals surface area contributed by atoms with Gasteiger partial charge < -0.3 is 18.9 Å². The van der Waals surface area contributed by atoms with Crippen molar-refractivity contribution in [2.75, 3.05) is 26.3 Å². The molecule has 2 atom stereocenters. The third-order valence-electron chi connectivity index (χ3n) is 4.68. The van der Waals surface area contributed by atoms with E-state index in [4.69, 9.17) is 14.0 Å². The van der Waals surface area contributed by atoms with Gasteiger partial charge in [-0.1, -0.05) is 5.16 Å². The molecule has 2 aliphatic heterocycles. The maximum Gasteiger partial charge on any atom is 0.276 e. The summed E-state index contributed by atoms with van der Waals surface area (Å²) in [5, 5.41) is 7.96. The van der Waals surface area contributed by atoms with Gasteiger partial charge in [0.15, 0.2) is 5.69 Å². The first-order chi connectivity index (χ1) is 12.1. The molecule has 0 saturated carbocycles. The van der Waals surface area contributed by atoms with Crippen LogP contribution in [0.2, 0.25) is 0 Å². The average Bonchev–Trinajstić information content (AvgIpc) is 3.30. The molecule has 2 saturated heterocycles. The summed E-state index contributed by atoms with van der Waals surface area (Å²) in [6.07, 6.45) is 4.97. The van der Waals surface area contributed by atoms with Crippen molar-refractivity contribution >= 4 is 5.91 Å². The minimum Gasteiger partial charge on any atom is -0.377 e. The first-order valence-electron chi connectivity index (χ1n) is 8.44. The number of ether oxygens (including phenoxy) is 2. The summed E-state index contributed by atoms with van der Waals surface area (Å²) in [6, 6.07) is 1.66. The minimum atomic E-state index is -0.476. The van der Waals surface area contributed by atoms with Crippen molar-refractivity contribution in [3.05, 3.63) is 30.2 Å². The van der Waals surface area contributed by atoms with Crippen LogP contribution >= 0.6 is 0 Å². The Bertz CT molecular complexity index is 731. The third-order valence-corrected chi connectivity index (χ3v) is 4.68. The molecule has 2 aromatic rings. The van der Waals surface area contributed by atoms with Crippen molar-refractivity contribution in [2.24, 2.45) is 0 Å². The molecule has 0 N–H and O–H groups in total. The van der Waals surface area contributed by atoms with E-state index in [2.05, 4.69) is 15.2 Å². The zero-order valence-electron chi connectivity index (χ0n) is 14.1. The predicted octanol–water partition coefficient (Wildman–Crippen LogP) is 0.665. The summed E-state index contributed by atoms with van der Waals surface area (Å²) in [5.74, 6) is 0.471. The SMILES string of the molecule is Cc1cc(C(=O)N2CCOC[C@@]3(CC[C@@H](Cn4cncn4)O3)C2)no1. The van der Waals surface area contributed by atoms with Gasteiger partial charge in [-0.2, -0.15) is 5.10 Å². The van der Waals surface area contributed by atoms with Crippen LogP contribution in [0.1, 0.15) is 29.1 Å². The standard InChI is InChI=1S/C16H21N5O4/c1-12-6-14(19-25-12)15(22)20-4-5-23-9-16(8-20)3-2-13(24-16)7-21-11-17-10-18-21/h6,10-11,13H,2-5,7-9H2,1H3/t13-,16+/m0/s1. The normalized spacial score (nSPS) is 26.9. The van der Waals surface area contributed by atoms with E-state index in [-0.39, 0.29) is 12.0 Å². The number of hydrogen-bond donors (Lipinski definition) is 0. The number of carbonyl (C=O) groups is 1. The minimum absolute atomic E-state index is 0.0367. The number of amides is 1. The summed E-state index contributed by atoms with van der Waals surface area (Å²) in [7, 11) is 0. The van der Waals surface area contributed by atoms with Crippen LogP contribution in [0.4, 0.5) is 0 Å². The first kappa shape index (κ1) is 16.2. The van der Waals surface area contributed by atoms with Crippen LogP contribution in [0.3, 0.4) is 0 Å². The van der Waals surface area contributed by atoms with E-state index in [9.17, 15) is 4.79 Å². The number of hydrogen-bond acceptors (Lipinski definition) is 7. The Hall–Kier alpha value is -2.26. The highest BCUT2D eigenvalue weighted by Gasteiger charge is 2.44. The van der Waals surface area contributed by atoms with Crippen molar-refractivity contribution in [1.29, 1.82) is 0 Å². The van der Waals surface area contributed by atoms with Gasteiger partial charge in [-0.15, -0.1) is 0 Å². The molecule has 2 fully saturated rings. The molecule has 1 amide bonds. The largest absolute Gasteiger partial charge is 0.377 e. The van der Waals surface area contributed by atoms with Gasteiger partial charge in [-0.05, 0) is 19.8 Å². The van der Waals surface area contributed by atoms with Crippen molar-refractivity contribution in [1.82, 2.24) is 24.8 Å². The molecule has 2 aliphatic rings. The lowest BCUT2D eigenvalue weighted by atomic mass is 10.00. The van der Waals surface area contributed by atoms with Crippen LogP contribution < -0.4 is 0 Å². The zero-order chi connectivity index (χ0) is 17.3. The van der Waals surface area contributed by atoms with Crippen LogP contribution in [0, 0.1) is 6.92 Å². The van der Waals surface area contributed by atoms with E-state index in [1.54, 1.807) is 28.9 Å². The lowest BCUT2D eigenvalue weighted by molar-refractivity contribution is -0.0881. The second kappa shape index (κ2) is 6.57. The lowest BCUT2D eigenvalue weighted by Crippen LogP contribution is -2.47. The van der Waals surface area contributed by atoms with Gasteiger partial charge in [0, 0.05) is 12.6 Å². The molecule has 9 heteroatoms. The molecule has 1 spiro atoms. The fourth-order valence-corrected chi connectivity index (χ4v) is 3.49. The van der Waals surface area contributed by atoms with Gasteiger partial charge >= 0.3 is 0 Å². The van der Waals surface area contributed by atoms with Crippen molar-refractivity contribution in [3.63, 3.8) is 0 Å². The van der Waals surface area contributed by atoms with E-state index in [1.807, 2.05) is 0 Å². The van der Waals surface area contributed by atoms with Gasteiger partial charge in [-0.25, -0.2) is 4.98 Å². The number of nitrogens with zero attached hydrogens (tertiary/aromatic N) is 5. The molecule has 0 unspecified atom stereocenters. The molecule has 4 heterocycles. The lowest BCUT2D eigenvalue weighted by Gasteiger charge is -2.31. The van der Waals surface area contributed by atoms with E-state index in [0.29, 0.717) is 44.3 Å². The highest BCUT2D eigenvalue weighted by atomic mass is 16.6. The van der Waals surface area contributed by atoms with Crippen molar-refractivity contribution in [3.8, 4) is 0 Å². The zero-order valence-corrected chi connectivity index (χ0v) is 14.1. The monoisotopic (exact) mass is 347 g/mol. The molecule has 0 aliphatic carbocycles. The van der Waals surface area contributed by atoms with E-state index < -0.39 is 5.60 Å². The van der Waals surface area contributed by atoms with Crippen LogP contribution in [-0.2, 0) is 16.0 Å². The summed E-state index contributed by atoms with van der Waals surface area (Å²) < 4.78 is 18.8. The van der Waals surface area contributed by atoms with Gasteiger partial charge in [0.2, 0.25) is 0 Å². The van der Waals surface area contributed by atoms with Crippen molar-refractivity contribution in [2.45, 2.75) is 38.0 Å².